The lowest BCUT2D eigenvalue weighted by Gasteiger charge is -2.41. The molecule has 1 aliphatic heterocycles. The van der Waals surface area contributed by atoms with Crippen molar-refractivity contribution < 1.29 is 5.11 Å². The molecule has 1 N–H and O–H groups in total. The number of piperidine rings is 1. The van der Waals surface area contributed by atoms with Crippen LogP contribution in [0.5, 0.6) is 0 Å². The van der Waals surface area contributed by atoms with Crippen molar-refractivity contribution in [2.45, 2.75) is 52.4 Å². The van der Waals surface area contributed by atoms with E-state index in [4.69, 9.17) is 0 Å². The van der Waals surface area contributed by atoms with E-state index in [-0.39, 0.29) is 5.41 Å². The molecule has 1 saturated carbocycles. The number of hydrogen-bond donors (Lipinski definition) is 1. The molecule has 2 fully saturated rings. The fourth-order valence-corrected chi connectivity index (χ4v) is 3.47. The molecule has 2 rings (SSSR count). The fourth-order valence-electron chi connectivity index (χ4n) is 3.47. The molecule has 0 atom stereocenters. The fraction of sp³-hybridized carbons (Fsp3) is 1.00. The summed E-state index contributed by atoms with van der Waals surface area (Å²) in [6, 6.07) is 0. The van der Waals surface area contributed by atoms with Gasteiger partial charge in [-0.15, -0.1) is 0 Å². The summed E-state index contributed by atoms with van der Waals surface area (Å²) >= 11 is 0. The van der Waals surface area contributed by atoms with E-state index in [0.717, 1.165) is 12.0 Å². The molecule has 0 radical (unpaired) electrons. The minimum Gasteiger partial charge on any atom is -0.396 e. The molecular weight excluding hydrogens is 198 g/mol. The molecule has 2 heteroatoms. The van der Waals surface area contributed by atoms with Crippen molar-refractivity contribution in [1.29, 1.82) is 0 Å². The summed E-state index contributed by atoms with van der Waals surface area (Å²) in [4.78, 5) is 2.56. The van der Waals surface area contributed by atoms with Gasteiger partial charge in [0.15, 0.2) is 0 Å². The van der Waals surface area contributed by atoms with Gasteiger partial charge in [-0.2, -0.15) is 0 Å². The highest BCUT2D eigenvalue weighted by Crippen LogP contribution is 2.46. The Balaban J connectivity index is 1.81. The number of nitrogens with zero attached hydrogens (tertiary/aromatic N) is 1. The number of rotatable bonds is 3. The smallest absolute Gasteiger partial charge is 0.0494 e. The quantitative estimate of drug-likeness (QED) is 0.798. The number of aliphatic hydroxyl groups excluding tert-OH is 1. The van der Waals surface area contributed by atoms with Gasteiger partial charge in [-0.25, -0.2) is 0 Å². The van der Waals surface area contributed by atoms with Crippen molar-refractivity contribution in [3.05, 3.63) is 0 Å². The maximum Gasteiger partial charge on any atom is 0.0494 e. The Labute approximate surface area is 100 Å². The summed E-state index contributed by atoms with van der Waals surface area (Å²) in [5, 5.41) is 9.30. The summed E-state index contributed by atoms with van der Waals surface area (Å²) in [6.45, 7) is 8.18. The highest BCUT2D eigenvalue weighted by molar-refractivity contribution is 4.90. The Morgan fingerprint density at radius 1 is 1.06 bits per heavy atom. The van der Waals surface area contributed by atoms with Gasteiger partial charge in [-0.05, 0) is 44.2 Å². The summed E-state index contributed by atoms with van der Waals surface area (Å²) in [5.41, 5.74) is 0.792. The lowest BCUT2D eigenvalue weighted by Crippen LogP contribution is -2.44. The Morgan fingerprint density at radius 2 is 1.62 bits per heavy atom. The zero-order valence-electron chi connectivity index (χ0n) is 11.0. The van der Waals surface area contributed by atoms with Crippen LogP contribution in [-0.4, -0.2) is 36.2 Å². The highest BCUT2D eigenvalue weighted by Gasteiger charge is 2.37. The van der Waals surface area contributed by atoms with E-state index in [1.807, 2.05) is 0 Å². The first-order chi connectivity index (χ1) is 7.55. The first-order valence-corrected chi connectivity index (χ1v) is 6.89. The third-order valence-corrected chi connectivity index (χ3v) is 4.66. The molecule has 1 aliphatic carbocycles. The second kappa shape index (κ2) is 4.66. The van der Waals surface area contributed by atoms with Crippen LogP contribution in [0.2, 0.25) is 0 Å². The van der Waals surface area contributed by atoms with E-state index >= 15 is 0 Å². The summed E-state index contributed by atoms with van der Waals surface area (Å²) < 4.78 is 0. The second-order valence-corrected chi connectivity index (χ2v) is 6.81. The average molecular weight is 225 g/mol. The Hall–Kier alpha value is -0.0800. The Morgan fingerprint density at radius 3 is 2.12 bits per heavy atom. The third-order valence-electron chi connectivity index (χ3n) is 4.66. The average Bonchev–Trinajstić information content (AvgIpc) is 2.71. The summed E-state index contributed by atoms with van der Waals surface area (Å²) in [7, 11) is 0. The normalized spacial score (nSPS) is 26.4. The molecule has 0 aromatic heterocycles. The van der Waals surface area contributed by atoms with Gasteiger partial charge in [0.25, 0.3) is 0 Å². The highest BCUT2D eigenvalue weighted by atomic mass is 16.3. The monoisotopic (exact) mass is 225 g/mol. The molecule has 0 aromatic rings. The van der Waals surface area contributed by atoms with Crippen LogP contribution in [0.4, 0.5) is 0 Å². The van der Waals surface area contributed by atoms with Crippen molar-refractivity contribution in [1.82, 2.24) is 4.90 Å². The Bertz CT molecular complexity index is 221. The first-order valence-electron chi connectivity index (χ1n) is 6.89. The molecule has 0 bridgehead atoms. The van der Waals surface area contributed by atoms with Gasteiger partial charge in [0.1, 0.15) is 0 Å². The van der Waals surface area contributed by atoms with E-state index < -0.39 is 0 Å². The molecule has 94 valence electrons. The molecule has 1 heterocycles. The van der Waals surface area contributed by atoms with Crippen LogP contribution >= 0.6 is 0 Å². The Kier molecular flexibility index (Phi) is 3.60. The third kappa shape index (κ3) is 2.78. The van der Waals surface area contributed by atoms with E-state index in [9.17, 15) is 5.11 Å². The van der Waals surface area contributed by atoms with E-state index in [1.54, 1.807) is 0 Å². The van der Waals surface area contributed by atoms with Gasteiger partial charge in [0.05, 0.1) is 0 Å². The van der Waals surface area contributed by atoms with Crippen LogP contribution in [0, 0.1) is 10.8 Å². The standard InChI is InChI=1S/C14H27NO/c1-13(2,12-16)11-15-9-7-14(8-10-15)5-3-4-6-14/h16H,3-12H2,1-2H3. The lowest BCUT2D eigenvalue weighted by molar-refractivity contribution is 0.0542. The van der Waals surface area contributed by atoms with Crippen molar-refractivity contribution >= 4 is 0 Å². The largest absolute Gasteiger partial charge is 0.396 e. The molecule has 1 spiro atoms. The topological polar surface area (TPSA) is 23.5 Å². The van der Waals surface area contributed by atoms with Gasteiger partial charge < -0.3 is 10.0 Å². The zero-order valence-corrected chi connectivity index (χ0v) is 11.0. The van der Waals surface area contributed by atoms with Crippen LogP contribution in [0.3, 0.4) is 0 Å². The van der Waals surface area contributed by atoms with Crippen molar-refractivity contribution in [2.75, 3.05) is 26.2 Å². The summed E-state index contributed by atoms with van der Waals surface area (Å²) in [6.07, 6.45) is 8.67. The molecule has 0 unspecified atom stereocenters. The molecule has 0 aromatic carbocycles. The van der Waals surface area contributed by atoms with Gasteiger partial charge in [0, 0.05) is 18.6 Å². The van der Waals surface area contributed by atoms with Crippen molar-refractivity contribution in [3.63, 3.8) is 0 Å². The predicted molar refractivity (Wildman–Crippen MR) is 67.4 cm³/mol. The van der Waals surface area contributed by atoms with E-state index in [2.05, 4.69) is 18.7 Å². The first kappa shape index (κ1) is 12.4. The zero-order chi connectivity index (χ0) is 11.6. The predicted octanol–water partition coefficient (Wildman–Crippen LogP) is 2.66. The number of hydrogen-bond acceptors (Lipinski definition) is 2. The van der Waals surface area contributed by atoms with E-state index in [0.29, 0.717) is 6.61 Å². The maximum atomic E-state index is 9.30. The molecule has 2 aliphatic rings. The SMILES string of the molecule is CC(C)(CO)CN1CCC2(CCCC2)CC1. The van der Waals surface area contributed by atoms with Crippen LogP contribution in [0.1, 0.15) is 52.4 Å². The second-order valence-electron chi connectivity index (χ2n) is 6.81. The molecule has 16 heavy (non-hydrogen) atoms. The molecule has 2 nitrogen and oxygen atoms in total. The van der Waals surface area contributed by atoms with Gasteiger partial charge in [-0.3, -0.25) is 0 Å². The minimum absolute atomic E-state index is 0.0696. The van der Waals surface area contributed by atoms with Gasteiger partial charge in [-0.1, -0.05) is 26.7 Å². The van der Waals surface area contributed by atoms with Crippen molar-refractivity contribution in [2.24, 2.45) is 10.8 Å². The lowest BCUT2D eigenvalue weighted by atomic mass is 9.76. The van der Waals surface area contributed by atoms with Crippen molar-refractivity contribution in [3.8, 4) is 0 Å². The van der Waals surface area contributed by atoms with Crippen LogP contribution in [-0.2, 0) is 0 Å². The minimum atomic E-state index is 0.0696. The van der Waals surface area contributed by atoms with Gasteiger partial charge in [0.2, 0.25) is 0 Å². The van der Waals surface area contributed by atoms with E-state index in [1.165, 1.54) is 51.6 Å². The summed E-state index contributed by atoms with van der Waals surface area (Å²) in [5.74, 6) is 0. The maximum absolute atomic E-state index is 9.30. The van der Waals surface area contributed by atoms with Gasteiger partial charge >= 0.3 is 0 Å². The number of likely N-dealkylation sites (tertiary alicyclic amines) is 1. The molecule has 1 saturated heterocycles. The number of aliphatic hydroxyl groups is 1. The van der Waals surface area contributed by atoms with Crippen LogP contribution < -0.4 is 0 Å². The molecular formula is C14H27NO. The van der Waals surface area contributed by atoms with Crippen LogP contribution in [0.25, 0.3) is 0 Å². The van der Waals surface area contributed by atoms with Crippen LogP contribution in [0.15, 0.2) is 0 Å². The molecule has 0 amide bonds.